The predicted octanol–water partition coefficient (Wildman–Crippen LogP) is 3.51. The lowest BCUT2D eigenvalue weighted by atomic mass is 10.1. The van der Waals surface area contributed by atoms with E-state index in [1.807, 2.05) is 0 Å². The van der Waals surface area contributed by atoms with Crippen molar-refractivity contribution in [3.63, 3.8) is 0 Å². The molecule has 20 heavy (non-hydrogen) atoms. The fourth-order valence-corrected chi connectivity index (χ4v) is 1.77. The van der Waals surface area contributed by atoms with Crippen LogP contribution in [0.25, 0.3) is 0 Å². The first-order chi connectivity index (χ1) is 9.47. The highest BCUT2D eigenvalue weighted by molar-refractivity contribution is 6.32. The third-order valence-electron chi connectivity index (χ3n) is 2.61. The first-order valence-electron chi connectivity index (χ1n) is 5.68. The second-order valence-electron chi connectivity index (χ2n) is 4.10. The molecule has 6 heteroatoms. The zero-order valence-electron chi connectivity index (χ0n) is 10.2. The molecule has 0 spiro atoms. The van der Waals surface area contributed by atoms with E-state index in [2.05, 4.69) is 5.32 Å². The van der Waals surface area contributed by atoms with Gasteiger partial charge in [-0.15, -0.1) is 0 Å². The van der Waals surface area contributed by atoms with Crippen molar-refractivity contribution in [1.29, 1.82) is 0 Å². The van der Waals surface area contributed by atoms with Gasteiger partial charge in [0.15, 0.2) is 11.6 Å². The molecule has 3 nitrogen and oxygen atoms in total. The number of benzene rings is 2. The first-order valence-corrected chi connectivity index (χ1v) is 6.06. The minimum Gasteiger partial charge on any atom is -0.506 e. The summed E-state index contributed by atoms with van der Waals surface area (Å²) in [4.78, 5) is 11.7. The molecule has 0 bridgehead atoms. The van der Waals surface area contributed by atoms with Gasteiger partial charge in [-0.2, -0.15) is 0 Å². The van der Waals surface area contributed by atoms with Crippen LogP contribution in [-0.2, 0) is 11.2 Å². The fraction of sp³-hybridized carbons (Fsp3) is 0.0714. The summed E-state index contributed by atoms with van der Waals surface area (Å²) < 4.78 is 26.4. The SMILES string of the molecule is O=C(Cc1cccc(F)c1F)Nc1ccc(Cl)c(O)c1. The van der Waals surface area contributed by atoms with E-state index < -0.39 is 17.5 Å². The Balaban J connectivity index is 2.09. The van der Waals surface area contributed by atoms with Crippen LogP contribution in [0.15, 0.2) is 36.4 Å². The summed E-state index contributed by atoms with van der Waals surface area (Å²) in [7, 11) is 0. The van der Waals surface area contributed by atoms with Gasteiger partial charge in [-0.1, -0.05) is 23.7 Å². The standard InChI is InChI=1S/C14H10ClF2NO2/c15-10-5-4-9(7-12(10)19)18-13(20)6-8-2-1-3-11(16)14(8)17/h1-5,7,19H,6H2,(H,18,20). The summed E-state index contributed by atoms with van der Waals surface area (Å²) >= 11 is 5.63. The molecule has 2 N–H and O–H groups in total. The summed E-state index contributed by atoms with van der Waals surface area (Å²) in [6.07, 6.45) is -0.313. The number of nitrogens with one attached hydrogen (secondary N) is 1. The van der Waals surface area contributed by atoms with Crippen molar-refractivity contribution >= 4 is 23.2 Å². The molecule has 0 aliphatic carbocycles. The summed E-state index contributed by atoms with van der Waals surface area (Å²) in [5.74, 6) is -2.75. The highest BCUT2D eigenvalue weighted by Crippen LogP contribution is 2.26. The van der Waals surface area contributed by atoms with Gasteiger partial charge >= 0.3 is 0 Å². The molecule has 2 aromatic rings. The van der Waals surface area contributed by atoms with Gasteiger partial charge in [0.1, 0.15) is 5.75 Å². The van der Waals surface area contributed by atoms with Crippen LogP contribution >= 0.6 is 11.6 Å². The van der Waals surface area contributed by atoms with Gasteiger partial charge in [-0.25, -0.2) is 8.78 Å². The van der Waals surface area contributed by atoms with Crippen LogP contribution in [0.3, 0.4) is 0 Å². The number of hydrogen-bond acceptors (Lipinski definition) is 2. The zero-order valence-corrected chi connectivity index (χ0v) is 10.9. The summed E-state index contributed by atoms with van der Waals surface area (Å²) in [5.41, 5.74) is 0.273. The van der Waals surface area contributed by atoms with Crippen LogP contribution < -0.4 is 5.32 Å². The molecule has 0 fully saturated rings. The molecule has 0 radical (unpaired) electrons. The van der Waals surface area contributed by atoms with Gasteiger partial charge in [0, 0.05) is 17.3 Å². The third-order valence-corrected chi connectivity index (χ3v) is 2.93. The zero-order chi connectivity index (χ0) is 14.7. The number of hydrogen-bond donors (Lipinski definition) is 2. The topological polar surface area (TPSA) is 49.3 Å². The Kier molecular flexibility index (Phi) is 4.20. The number of halogens is 3. The molecule has 0 unspecified atom stereocenters. The number of carbonyl (C=O) groups is 1. The molecule has 104 valence electrons. The minimum absolute atomic E-state index is 0.0410. The monoisotopic (exact) mass is 297 g/mol. The molecule has 2 aromatic carbocycles. The molecule has 0 aromatic heterocycles. The van der Waals surface area contributed by atoms with Crippen molar-refractivity contribution in [1.82, 2.24) is 0 Å². The maximum atomic E-state index is 13.4. The highest BCUT2D eigenvalue weighted by Gasteiger charge is 2.12. The Morgan fingerprint density at radius 2 is 2.00 bits per heavy atom. The molecular formula is C14H10ClF2NO2. The maximum Gasteiger partial charge on any atom is 0.228 e. The Bertz CT molecular complexity index is 662. The number of phenols is 1. The molecule has 0 atom stereocenters. The van der Waals surface area contributed by atoms with Crippen LogP contribution in [-0.4, -0.2) is 11.0 Å². The van der Waals surface area contributed by atoms with Gasteiger partial charge in [0.25, 0.3) is 0 Å². The van der Waals surface area contributed by atoms with Crippen molar-refractivity contribution in [2.75, 3.05) is 5.32 Å². The Labute approximate surface area is 118 Å². The first kappa shape index (κ1) is 14.3. The van der Waals surface area contributed by atoms with E-state index in [1.54, 1.807) is 0 Å². The van der Waals surface area contributed by atoms with Gasteiger partial charge in [-0.3, -0.25) is 4.79 Å². The van der Waals surface area contributed by atoms with E-state index >= 15 is 0 Å². The lowest BCUT2D eigenvalue weighted by Crippen LogP contribution is -2.15. The molecule has 0 aliphatic rings. The largest absolute Gasteiger partial charge is 0.506 e. The third kappa shape index (κ3) is 3.24. The number of carbonyl (C=O) groups excluding carboxylic acids is 1. The van der Waals surface area contributed by atoms with Crippen molar-refractivity contribution < 1.29 is 18.7 Å². The van der Waals surface area contributed by atoms with Crippen molar-refractivity contribution in [2.24, 2.45) is 0 Å². The molecule has 0 heterocycles. The van der Waals surface area contributed by atoms with Crippen LogP contribution in [0, 0.1) is 11.6 Å². The van der Waals surface area contributed by atoms with E-state index in [1.165, 1.54) is 30.3 Å². The summed E-state index contributed by atoms with van der Waals surface area (Å²) in [6.45, 7) is 0. The van der Waals surface area contributed by atoms with Crippen LogP contribution in [0.1, 0.15) is 5.56 Å². The second kappa shape index (κ2) is 5.88. The van der Waals surface area contributed by atoms with E-state index in [4.69, 9.17) is 11.6 Å². The van der Waals surface area contributed by atoms with E-state index in [9.17, 15) is 18.7 Å². The molecule has 2 rings (SSSR count). The van der Waals surface area contributed by atoms with Crippen LogP contribution in [0.5, 0.6) is 5.75 Å². The van der Waals surface area contributed by atoms with Gasteiger partial charge < -0.3 is 10.4 Å². The van der Waals surface area contributed by atoms with Gasteiger partial charge in [-0.05, 0) is 18.2 Å². The molecular weight excluding hydrogens is 288 g/mol. The summed E-state index contributed by atoms with van der Waals surface area (Å²) in [5, 5.41) is 12.0. The average molecular weight is 298 g/mol. The summed E-state index contributed by atoms with van der Waals surface area (Å²) in [6, 6.07) is 7.81. The van der Waals surface area contributed by atoms with E-state index in [0.29, 0.717) is 5.69 Å². The van der Waals surface area contributed by atoms with E-state index in [-0.39, 0.29) is 22.8 Å². The number of anilines is 1. The Morgan fingerprint density at radius 1 is 1.25 bits per heavy atom. The number of aromatic hydroxyl groups is 1. The minimum atomic E-state index is -1.04. The molecule has 0 saturated heterocycles. The second-order valence-corrected chi connectivity index (χ2v) is 4.51. The molecule has 1 amide bonds. The van der Waals surface area contributed by atoms with Crippen molar-refractivity contribution in [2.45, 2.75) is 6.42 Å². The van der Waals surface area contributed by atoms with E-state index in [0.717, 1.165) is 6.07 Å². The highest BCUT2D eigenvalue weighted by atomic mass is 35.5. The Morgan fingerprint density at radius 3 is 2.70 bits per heavy atom. The van der Waals surface area contributed by atoms with Crippen molar-refractivity contribution in [3.8, 4) is 5.75 Å². The smallest absolute Gasteiger partial charge is 0.228 e. The average Bonchev–Trinajstić information content (AvgIpc) is 2.39. The number of phenolic OH excluding ortho intramolecular Hbond substituents is 1. The lowest BCUT2D eigenvalue weighted by Gasteiger charge is -2.07. The van der Waals surface area contributed by atoms with Crippen molar-refractivity contribution in [3.05, 3.63) is 58.6 Å². The van der Waals surface area contributed by atoms with Gasteiger partial charge in [0.2, 0.25) is 5.91 Å². The molecule has 0 saturated carbocycles. The quantitative estimate of drug-likeness (QED) is 0.911. The Hall–Kier alpha value is -2.14. The fourth-order valence-electron chi connectivity index (χ4n) is 1.65. The normalized spacial score (nSPS) is 10.3. The number of rotatable bonds is 3. The maximum absolute atomic E-state index is 13.4. The van der Waals surface area contributed by atoms with Gasteiger partial charge in [0.05, 0.1) is 11.4 Å². The molecule has 0 aliphatic heterocycles. The lowest BCUT2D eigenvalue weighted by molar-refractivity contribution is -0.115. The van der Waals surface area contributed by atoms with Crippen LogP contribution in [0.2, 0.25) is 5.02 Å². The van der Waals surface area contributed by atoms with Crippen LogP contribution in [0.4, 0.5) is 14.5 Å². The number of amides is 1. The predicted molar refractivity (Wildman–Crippen MR) is 71.8 cm³/mol.